The van der Waals surface area contributed by atoms with Crippen molar-refractivity contribution >= 4 is 17.7 Å². The summed E-state index contributed by atoms with van der Waals surface area (Å²) in [6.45, 7) is 1.54. The van der Waals surface area contributed by atoms with Crippen molar-refractivity contribution in [3.8, 4) is 0 Å². The highest BCUT2D eigenvalue weighted by molar-refractivity contribution is 6.01. The van der Waals surface area contributed by atoms with E-state index in [0.29, 0.717) is 11.3 Å². The molecule has 0 spiro atoms. The van der Waals surface area contributed by atoms with Crippen LogP contribution < -0.4 is 5.32 Å². The summed E-state index contributed by atoms with van der Waals surface area (Å²) in [4.78, 5) is 24.5. The van der Waals surface area contributed by atoms with Crippen LogP contribution >= 0.6 is 0 Å². The number of urea groups is 1. The molecule has 0 bridgehead atoms. The van der Waals surface area contributed by atoms with E-state index >= 15 is 0 Å². The molecule has 5 nitrogen and oxygen atoms in total. The number of nitrogens with zero attached hydrogens (tertiary/aromatic N) is 1. The number of benzene rings is 1. The monoisotopic (exact) mass is 220 g/mol. The zero-order valence-corrected chi connectivity index (χ0v) is 8.90. The van der Waals surface area contributed by atoms with Crippen LogP contribution in [0.2, 0.25) is 0 Å². The van der Waals surface area contributed by atoms with Crippen molar-refractivity contribution in [1.82, 2.24) is 4.90 Å². The number of methoxy groups -OCH3 is 1. The Morgan fingerprint density at radius 3 is 2.62 bits per heavy atom. The zero-order chi connectivity index (χ0) is 11.5. The number of para-hydroxylation sites is 1. The number of carbonyl (C=O) groups excluding carboxylic acids is 2. The lowest BCUT2D eigenvalue weighted by Gasteiger charge is -2.09. The molecule has 2 amide bonds. The molecule has 1 aromatic carbocycles. The van der Waals surface area contributed by atoms with Gasteiger partial charge in [-0.3, -0.25) is 0 Å². The number of ether oxygens (including phenoxy) is 1. The molecule has 1 saturated heterocycles. The summed E-state index contributed by atoms with van der Waals surface area (Å²) in [6.07, 6.45) is 0. The van der Waals surface area contributed by atoms with Gasteiger partial charge < -0.3 is 15.0 Å². The minimum Gasteiger partial charge on any atom is -0.465 e. The molecule has 0 unspecified atom stereocenters. The largest absolute Gasteiger partial charge is 0.465 e. The summed E-state index contributed by atoms with van der Waals surface area (Å²) in [5.74, 6) is -0.457. The van der Waals surface area contributed by atoms with Gasteiger partial charge in [-0.15, -0.1) is 0 Å². The molecule has 0 saturated carbocycles. The summed E-state index contributed by atoms with van der Waals surface area (Å²) in [5.41, 5.74) is 0.839. The lowest BCUT2D eigenvalue weighted by Crippen LogP contribution is -2.20. The topological polar surface area (TPSA) is 58.4 Å². The summed E-state index contributed by atoms with van der Waals surface area (Å²) in [7, 11) is 1.31. The first-order chi connectivity index (χ1) is 7.72. The van der Waals surface area contributed by atoms with Gasteiger partial charge in [0.05, 0.1) is 18.4 Å². The van der Waals surface area contributed by atoms with Crippen LogP contribution in [0.3, 0.4) is 0 Å². The zero-order valence-electron chi connectivity index (χ0n) is 8.90. The van der Waals surface area contributed by atoms with Gasteiger partial charge in [-0.05, 0) is 12.1 Å². The number of anilines is 1. The number of nitrogens with one attached hydrogen (secondary N) is 1. The van der Waals surface area contributed by atoms with E-state index in [1.165, 1.54) is 7.11 Å². The molecule has 1 fully saturated rings. The summed E-state index contributed by atoms with van der Waals surface area (Å²) >= 11 is 0. The Hall–Kier alpha value is -2.04. The highest BCUT2D eigenvalue weighted by Crippen LogP contribution is 2.17. The summed E-state index contributed by atoms with van der Waals surface area (Å²) in [5, 5.41) is 2.67. The van der Waals surface area contributed by atoms with Gasteiger partial charge in [0.15, 0.2) is 0 Å². The Labute approximate surface area is 93.0 Å². The second kappa shape index (κ2) is 4.22. The van der Waals surface area contributed by atoms with Gasteiger partial charge in [-0.25, -0.2) is 9.59 Å². The van der Waals surface area contributed by atoms with E-state index in [2.05, 4.69) is 10.1 Å². The third kappa shape index (κ3) is 2.13. The Morgan fingerprint density at radius 2 is 2.00 bits per heavy atom. The molecule has 1 aromatic rings. The van der Waals surface area contributed by atoms with Crippen molar-refractivity contribution in [2.45, 2.75) is 0 Å². The molecule has 1 aliphatic heterocycles. The Balaban J connectivity index is 2.18. The fourth-order valence-corrected chi connectivity index (χ4v) is 1.33. The average Bonchev–Trinajstić information content (AvgIpc) is 3.12. The Bertz CT molecular complexity index is 427. The van der Waals surface area contributed by atoms with E-state index in [4.69, 9.17) is 0 Å². The molecular weight excluding hydrogens is 208 g/mol. The Kier molecular flexibility index (Phi) is 2.76. The van der Waals surface area contributed by atoms with E-state index in [-0.39, 0.29) is 6.03 Å². The fraction of sp³-hybridized carbons (Fsp3) is 0.273. The number of rotatable bonds is 2. The van der Waals surface area contributed by atoms with Crippen molar-refractivity contribution in [2.75, 3.05) is 25.5 Å². The molecule has 0 aliphatic carbocycles. The molecule has 5 heteroatoms. The van der Waals surface area contributed by atoms with Crippen molar-refractivity contribution < 1.29 is 14.3 Å². The average molecular weight is 220 g/mol. The molecule has 0 aromatic heterocycles. The van der Waals surface area contributed by atoms with Crippen LogP contribution in [0.25, 0.3) is 0 Å². The second-order valence-corrected chi connectivity index (χ2v) is 3.45. The minimum absolute atomic E-state index is 0.184. The number of amides is 2. The molecule has 16 heavy (non-hydrogen) atoms. The second-order valence-electron chi connectivity index (χ2n) is 3.45. The molecule has 84 valence electrons. The summed E-state index contributed by atoms with van der Waals surface area (Å²) in [6, 6.07) is 6.58. The lowest BCUT2D eigenvalue weighted by molar-refractivity contribution is 0.0602. The van der Waals surface area contributed by atoms with Gasteiger partial charge >= 0.3 is 12.0 Å². The first kappa shape index (κ1) is 10.5. The van der Waals surface area contributed by atoms with Crippen molar-refractivity contribution in [3.05, 3.63) is 29.8 Å². The van der Waals surface area contributed by atoms with Gasteiger partial charge in [0.25, 0.3) is 0 Å². The number of esters is 1. The van der Waals surface area contributed by atoms with Gasteiger partial charge in [0.1, 0.15) is 0 Å². The van der Waals surface area contributed by atoms with E-state index < -0.39 is 5.97 Å². The number of carbonyl (C=O) groups is 2. The van der Waals surface area contributed by atoms with E-state index in [1.807, 2.05) is 0 Å². The first-order valence-corrected chi connectivity index (χ1v) is 4.95. The van der Waals surface area contributed by atoms with Gasteiger partial charge in [0.2, 0.25) is 0 Å². The maximum absolute atomic E-state index is 11.5. The maximum Gasteiger partial charge on any atom is 0.339 e. The van der Waals surface area contributed by atoms with Crippen LogP contribution in [0.15, 0.2) is 24.3 Å². The van der Waals surface area contributed by atoms with Crippen LogP contribution in [0, 0.1) is 0 Å². The van der Waals surface area contributed by atoms with E-state index in [1.54, 1.807) is 29.2 Å². The summed E-state index contributed by atoms with van der Waals surface area (Å²) < 4.78 is 4.63. The standard InChI is InChI=1S/C11H12N2O3/c1-16-10(14)8-4-2-3-5-9(8)12-11(15)13-6-7-13/h2-5H,6-7H2,1H3,(H,12,15). The van der Waals surface area contributed by atoms with Crippen LogP contribution in [0.5, 0.6) is 0 Å². The third-order valence-electron chi connectivity index (χ3n) is 2.31. The van der Waals surface area contributed by atoms with Crippen LogP contribution in [-0.4, -0.2) is 37.1 Å². The van der Waals surface area contributed by atoms with Crippen molar-refractivity contribution in [3.63, 3.8) is 0 Å². The molecule has 2 rings (SSSR count). The van der Waals surface area contributed by atoms with E-state index in [9.17, 15) is 9.59 Å². The predicted molar refractivity (Wildman–Crippen MR) is 58.4 cm³/mol. The lowest BCUT2D eigenvalue weighted by atomic mass is 10.2. The molecule has 1 N–H and O–H groups in total. The quantitative estimate of drug-likeness (QED) is 0.604. The van der Waals surface area contributed by atoms with Crippen LogP contribution in [0.1, 0.15) is 10.4 Å². The number of hydrogen-bond acceptors (Lipinski definition) is 3. The highest BCUT2D eigenvalue weighted by atomic mass is 16.5. The highest BCUT2D eigenvalue weighted by Gasteiger charge is 2.25. The third-order valence-corrected chi connectivity index (χ3v) is 2.31. The van der Waals surface area contributed by atoms with Gasteiger partial charge in [-0.1, -0.05) is 12.1 Å². The maximum atomic E-state index is 11.5. The van der Waals surface area contributed by atoms with Crippen LogP contribution in [-0.2, 0) is 4.74 Å². The minimum atomic E-state index is -0.457. The predicted octanol–water partition coefficient (Wildman–Crippen LogP) is 1.32. The molecule has 0 radical (unpaired) electrons. The van der Waals surface area contributed by atoms with Crippen molar-refractivity contribution in [2.24, 2.45) is 0 Å². The molecule has 1 heterocycles. The SMILES string of the molecule is COC(=O)c1ccccc1NC(=O)N1CC1. The molecule has 1 aliphatic rings. The van der Waals surface area contributed by atoms with Crippen LogP contribution in [0.4, 0.5) is 10.5 Å². The van der Waals surface area contributed by atoms with E-state index in [0.717, 1.165) is 13.1 Å². The van der Waals surface area contributed by atoms with Gasteiger partial charge in [-0.2, -0.15) is 0 Å². The van der Waals surface area contributed by atoms with Gasteiger partial charge in [0, 0.05) is 13.1 Å². The normalized spacial score (nSPS) is 13.2. The first-order valence-electron chi connectivity index (χ1n) is 4.95. The Morgan fingerprint density at radius 1 is 1.31 bits per heavy atom. The smallest absolute Gasteiger partial charge is 0.339 e. The number of hydrogen-bond donors (Lipinski definition) is 1. The fourth-order valence-electron chi connectivity index (χ4n) is 1.33. The van der Waals surface area contributed by atoms with Crippen molar-refractivity contribution in [1.29, 1.82) is 0 Å². The molecule has 0 atom stereocenters. The molecular formula is C11H12N2O3.